The Morgan fingerprint density at radius 2 is 1.74 bits per heavy atom. The molecule has 2 amide bonds. The van der Waals surface area contributed by atoms with Crippen LogP contribution in [0.25, 0.3) is 0 Å². The summed E-state index contributed by atoms with van der Waals surface area (Å²) in [6, 6.07) is 11.3. The van der Waals surface area contributed by atoms with Crippen molar-refractivity contribution in [1.82, 2.24) is 4.90 Å². The lowest BCUT2D eigenvalue weighted by atomic mass is 10.1. The van der Waals surface area contributed by atoms with Gasteiger partial charge in [0.2, 0.25) is 5.91 Å². The van der Waals surface area contributed by atoms with Gasteiger partial charge in [-0.1, -0.05) is 23.3 Å². The van der Waals surface area contributed by atoms with Gasteiger partial charge in [-0.3, -0.25) is 9.59 Å². The third-order valence-corrected chi connectivity index (χ3v) is 5.49. The molecule has 0 unspecified atom stereocenters. The molecule has 140 valence electrons. The molecule has 27 heavy (non-hydrogen) atoms. The Labute approximate surface area is 159 Å². The number of aryl methyl sites for hydroxylation is 3. The minimum atomic E-state index is -0.395. The van der Waals surface area contributed by atoms with E-state index in [0.29, 0.717) is 24.3 Å². The zero-order valence-electron chi connectivity index (χ0n) is 16.2. The summed E-state index contributed by atoms with van der Waals surface area (Å²) < 4.78 is 5.46. The fourth-order valence-corrected chi connectivity index (χ4v) is 4.37. The second-order valence-corrected chi connectivity index (χ2v) is 7.62. The van der Waals surface area contributed by atoms with E-state index in [0.717, 1.165) is 22.4 Å². The molecule has 0 radical (unpaired) electrons. The number of hydrogen-bond donors (Lipinski definition) is 0. The summed E-state index contributed by atoms with van der Waals surface area (Å²) in [6.45, 7) is 6.52. The van der Waals surface area contributed by atoms with E-state index in [1.165, 1.54) is 0 Å². The van der Waals surface area contributed by atoms with Gasteiger partial charge in [0.25, 0.3) is 5.91 Å². The van der Waals surface area contributed by atoms with Crippen LogP contribution in [-0.4, -0.2) is 42.5 Å². The number of fused-ring (bicyclic) bond motifs is 2. The van der Waals surface area contributed by atoms with E-state index in [4.69, 9.17) is 4.74 Å². The van der Waals surface area contributed by atoms with E-state index < -0.39 is 6.04 Å². The van der Waals surface area contributed by atoms with Crippen LogP contribution < -0.4 is 9.64 Å². The van der Waals surface area contributed by atoms with E-state index in [9.17, 15) is 9.59 Å². The van der Waals surface area contributed by atoms with Crippen LogP contribution in [0.3, 0.4) is 0 Å². The van der Waals surface area contributed by atoms with E-state index in [2.05, 4.69) is 0 Å². The molecule has 2 aliphatic heterocycles. The SMILES string of the molecule is COc1ccc(C)cc1N1C(=O)[C@@H]2C[C@H]1CN2C(=O)c1cc(C)cc(C)c1. The van der Waals surface area contributed by atoms with Crippen molar-refractivity contribution in [1.29, 1.82) is 0 Å². The first-order valence-electron chi connectivity index (χ1n) is 9.26. The maximum absolute atomic E-state index is 13.1. The molecule has 0 spiro atoms. The molecule has 2 aromatic rings. The predicted molar refractivity (Wildman–Crippen MR) is 104 cm³/mol. The van der Waals surface area contributed by atoms with Gasteiger partial charge < -0.3 is 14.5 Å². The highest BCUT2D eigenvalue weighted by molar-refractivity contribution is 6.07. The molecule has 0 saturated carbocycles. The van der Waals surface area contributed by atoms with E-state index in [1.54, 1.807) is 12.0 Å². The van der Waals surface area contributed by atoms with Crippen LogP contribution in [0.1, 0.15) is 33.5 Å². The third kappa shape index (κ3) is 2.87. The molecule has 2 bridgehead atoms. The van der Waals surface area contributed by atoms with Crippen LogP contribution in [0.4, 0.5) is 5.69 Å². The molecule has 5 heteroatoms. The van der Waals surface area contributed by atoms with Gasteiger partial charge in [-0.15, -0.1) is 0 Å². The molecule has 2 fully saturated rings. The monoisotopic (exact) mass is 364 g/mol. The van der Waals surface area contributed by atoms with Crippen LogP contribution in [0.15, 0.2) is 36.4 Å². The molecule has 2 aliphatic rings. The fourth-order valence-electron chi connectivity index (χ4n) is 4.37. The predicted octanol–water partition coefficient (Wildman–Crippen LogP) is 3.25. The summed E-state index contributed by atoms with van der Waals surface area (Å²) in [7, 11) is 1.61. The van der Waals surface area contributed by atoms with Crippen molar-refractivity contribution >= 4 is 17.5 Å². The number of amides is 2. The molecule has 2 atom stereocenters. The molecule has 2 aromatic carbocycles. The minimum absolute atomic E-state index is 0.00643. The van der Waals surface area contributed by atoms with Crippen molar-refractivity contribution in [3.05, 3.63) is 58.7 Å². The molecule has 2 saturated heterocycles. The highest BCUT2D eigenvalue weighted by Gasteiger charge is 2.52. The maximum Gasteiger partial charge on any atom is 0.254 e. The molecule has 5 nitrogen and oxygen atoms in total. The van der Waals surface area contributed by atoms with Crippen molar-refractivity contribution in [2.75, 3.05) is 18.6 Å². The third-order valence-electron chi connectivity index (χ3n) is 5.49. The Morgan fingerprint density at radius 1 is 1.04 bits per heavy atom. The molecule has 4 rings (SSSR count). The standard InChI is InChI=1S/C22H24N2O3/c1-13-5-6-20(27-4)18(10-13)24-17-11-19(22(24)26)23(12-17)21(25)16-8-14(2)7-15(3)9-16/h5-10,17,19H,11-12H2,1-4H3/t17-,19-/m0/s1. The summed E-state index contributed by atoms with van der Waals surface area (Å²) in [5, 5.41) is 0. The Bertz CT molecular complexity index is 917. The van der Waals surface area contributed by atoms with E-state index >= 15 is 0 Å². The topological polar surface area (TPSA) is 49.9 Å². The number of anilines is 1. The summed E-state index contributed by atoms with van der Waals surface area (Å²) in [4.78, 5) is 29.7. The van der Waals surface area contributed by atoms with Crippen molar-refractivity contribution in [3.8, 4) is 5.75 Å². The Morgan fingerprint density at radius 3 is 2.37 bits per heavy atom. The van der Waals surface area contributed by atoms with E-state index in [1.807, 2.05) is 62.1 Å². The lowest BCUT2D eigenvalue weighted by molar-refractivity contribution is -0.121. The van der Waals surface area contributed by atoms with Crippen LogP contribution in [0.5, 0.6) is 5.75 Å². The lowest BCUT2D eigenvalue weighted by Crippen LogP contribution is -2.52. The summed E-state index contributed by atoms with van der Waals surface area (Å²) in [6.07, 6.45) is 0.673. The zero-order chi connectivity index (χ0) is 19.3. The number of ether oxygens (including phenoxy) is 1. The van der Waals surface area contributed by atoms with Gasteiger partial charge >= 0.3 is 0 Å². The van der Waals surface area contributed by atoms with Crippen LogP contribution in [0.2, 0.25) is 0 Å². The highest BCUT2D eigenvalue weighted by atomic mass is 16.5. The molecular formula is C22H24N2O3. The van der Waals surface area contributed by atoms with Gasteiger partial charge in [0.05, 0.1) is 18.8 Å². The first-order valence-corrected chi connectivity index (χ1v) is 9.26. The van der Waals surface area contributed by atoms with Gasteiger partial charge in [0.15, 0.2) is 0 Å². The molecule has 0 aromatic heterocycles. The average molecular weight is 364 g/mol. The van der Waals surface area contributed by atoms with Gasteiger partial charge in [-0.2, -0.15) is 0 Å². The van der Waals surface area contributed by atoms with Crippen molar-refractivity contribution in [3.63, 3.8) is 0 Å². The fraction of sp³-hybridized carbons (Fsp3) is 0.364. The second-order valence-electron chi connectivity index (χ2n) is 7.62. The number of carbonyl (C=O) groups is 2. The number of carbonyl (C=O) groups excluding carboxylic acids is 2. The minimum Gasteiger partial charge on any atom is -0.495 e. The number of benzene rings is 2. The van der Waals surface area contributed by atoms with Crippen LogP contribution in [0, 0.1) is 20.8 Å². The van der Waals surface area contributed by atoms with Gasteiger partial charge in [-0.25, -0.2) is 0 Å². The Balaban J connectivity index is 1.62. The summed E-state index contributed by atoms with van der Waals surface area (Å²) >= 11 is 0. The number of rotatable bonds is 3. The maximum atomic E-state index is 13.1. The van der Waals surface area contributed by atoms with Gasteiger partial charge in [0, 0.05) is 12.1 Å². The number of likely N-dealkylation sites (tertiary alicyclic amines) is 1. The first-order chi connectivity index (χ1) is 12.9. The lowest BCUT2D eigenvalue weighted by Gasteiger charge is -2.34. The van der Waals surface area contributed by atoms with Crippen molar-refractivity contribution in [2.24, 2.45) is 0 Å². The van der Waals surface area contributed by atoms with Gasteiger partial charge in [-0.05, 0) is 57.0 Å². The van der Waals surface area contributed by atoms with Crippen LogP contribution in [-0.2, 0) is 4.79 Å². The van der Waals surface area contributed by atoms with Crippen molar-refractivity contribution < 1.29 is 14.3 Å². The van der Waals surface area contributed by atoms with Crippen LogP contribution >= 0.6 is 0 Å². The Kier molecular flexibility index (Phi) is 4.17. The molecule has 0 N–H and O–H groups in total. The second kappa shape index (κ2) is 6.41. The quantitative estimate of drug-likeness (QED) is 0.840. The first kappa shape index (κ1) is 17.6. The number of piperazine rings is 1. The smallest absolute Gasteiger partial charge is 0.254 e. The number of methoxy groups -OCH3 is 1. The molecular weight excluding hydrogens is 340 g/mol. The zero-order valence-corrected chi connectivity index (χ0v) is 16.2. The Hall–Kier alpha value is -2.82. The summed E-state index contributed by atoms with van der Waals surface area (Å²) in [5.41, 5.74) is 4.64. The van der Waals surface area contributed by atoms with E-state index in [-0.39, 0.29) is 17.9 Å². The largest absolute Gasteiger partial charge is 0.495 e. The van der Waals surface area contributed by atoms with Gasteiger partial charge in [0.1, 0.15) is 11.8 Å². The normalized spacial score (nSPS) is 21.1. The number of nitrogens with zero attached hydrogens (tertiary/aromatic N) is 2. The molecule has 2 heterocycles. The number of hydrogen-bond acceptors (Lipinski definition) is 3. The summed E-state index contributed by atoms with van der Waals surface area (Å²) in [5.74, 6) is 0.611. The average Bonchev–Trinajstić information content (AvgIpc) is 3.18. The highest BCUT2D eigenvalue weighted by Crippen LogP contribution is 2.40. The van der Waals surface area contributed by atoms with Crippen molar-refractivity contribution in [2.45, 2.75) is 39.3 Å². The molecule has 0 aliphatic carbocycles.